The Morgan fingerprint density at radius 2 is 1.86 bits per heavy atom. The molecular formula is C21H24FN5O. The number of amides is 1. The van der Waals surface area contributed by atoms with E-state index in [0.29, 0.717) is 5.56 Å². The van der Waals surface area contributed by atoms with Gasteiger partial charge >= 0.3 is 0 Å². The number of hydrogen-bond acceptors (Lipinski definition) is 4. The van der Waals surface area contributed by atoms with Crippen LogP contribution in [-0.2, 0) is 11.3 Å². The minimum atomic E-state index is -0.295. The lowest BCUT2D eigenvalue weighted by molar-refractivity contribution is -0.131. The summed E-state index contributed by atoms with van der Waals surface area (Å²) in [4.78, 5) is 20.0. The maximum atomic E-state index is 13.8. The van der Waals surface area contributed by atoms with E-state index >= 15 is 0 Å². The molecule has 0 aliphatic rings. The van der Waals surface area contributed by atoms with Crippen LogP contribution in [0.5, 0.6) is 0 Å². The van der Waals surface area contributed by atoms with Crippen molar-refractivity contribution >= 4 is 5.91 Å². The van der Waals surface area contributed by atoms with E-state index in [0.717, 1.165) is 11.3 Å². The van der Waals surface area contributed by atoms with Gasteiger partial charge in [0.25, 0.3) is 0 Å². The Morgan fingerprint density at radius 1 is 1.14 bits per heavy atom. The molecule has 1 amide bonds. The lowest BCUT2D eigenvalue weighted by atomic mass is 10.1. The highest BCUT2D eigenvalue weighted by molar-refractivity contribution is 5.78. The zero-order valence-corrected chi connectivity index (χ0v) is 16.3. The average molecular weight is 381 g/mol. The number of halogens is 1. The molecule has 28 heavy (non-hydrogen) atoms. The van der Waals surface area contributed by atoms with Crippen LogP contribution >= 0.6 is 0 Å². The van der Waals surface area contributed by atoms with Gasteiger partial charge in [-0.15, -0.1) is 0 Å². The summed E-state index contributed by atoms with van der Waals surface area (Å²) < 4.78 is 15.5. The summed E-state index contributed by atoms with van der Waals surface area (Å²) >= 11 is 0. The highest BCUT2D eigenvalue weighted by Gasteiger charge is 2.18. The predicted molar refractivity (Wildman–Crippen MR) is 105 cm³/mol. The molecule has 1 aromatic heterocycles. The van der Waals surface area contributed by atoms with E-state index < -0.39 is 0 Å². The van der Waals surface area contributed by atoms with Crippen molar-refractivity contribution in [3.8, 4) is 5.69 Å². The summed E-state index contributed by atoms with van der Waals surface area (Å²) in [7, 11) is 3.60. The first-order valence-electron chi connectivity index (χ1n) is 9.08. The van der Waals surface area contributed by atoms with Gasteiger partial charge in [-0.05, 0) is 37.7 Å². The molecular weight excluding hydrogens is 357 g/mol. The number of likely N-dealkylation sites (N-methyl/N-ethyl adjacent to an activating group) is 2. The Balaban J connectivity index is 1.59. The first-order valence-corrected chi connectivity index (χ1v) is 9.08. The predicted octanol–water partition coefficient (Wildman–Crippen LogP) is 3.06. The van der Waals surface area contributed by atoms with Gasteiger partial charge < -0.3 is 4.90 Å². The van der Waals surface area contributed by atoms with Crippen LogP contribution in [0.4, 0.5) is 4.39 Å². The van der Waals surface area contributed by atoms with Crippen molar-refractivity contribution in [1.82, 2.24) is 24.6 Å². The molecule has 0 saturated carbocycles. The number of benzene rings is 2. The zero-order chi connectivity index (χ0) is 20.1. The third-order valence-electron chi connectivity index (χ3n) is 4.90. The summed E-state index contributed by atoms with van der Waals surface area (Å²) in [6.07, 6.45) is 3.14. The monoisotopic (exact) mass is 381 g/mol. The number of hydrogen-bond donors (Lipinski definition) is 0. The molecule has 7 heteroatoms. The van der Waals surface area contributed by atoms with Crippen LogP contribution < -0.4 is 0 Å². The summed E-state index contributed by atoms with van der Waals surface area (Å²) in [5.41, 5.74) is 2.53. The smallest absolute Gasteiger partial charge is 0.236 e. The minimum absolute atomic E-state index is 0.0515. The van der Waals surface area contributed by atoms with Crippen molar-refractivity contribution in [1.29, 1.82) is 0 Å². The topological polar surface area (TPSA) is 54.3 Å². The van der Waals surface area contributed by atoms with Crippen molar-refractivity contribution in [3.05, 3.63) is 78.1 Å². The van der Waals surface area contributed by atoms with Gasteiger partial charge in [-0.2, -0.15) is 5.10 Å². The summed E-state index contributed by atoms with van der Waals surface area (Å²) in [6, 6.07) is 14.6. The van der Waals surface area contributed by atoms with Gasteiger partial charge in [0, 0.05) is 25.2 Å². The number of aromatic nitrogens is 3. The molecule has 3 aromatic rings. The molecule has 0 bridgehead atoms. The highest BCUT2D eigenvalue weighted by Crippen LogP contribution is 2.20. The van der Waals surface area contributed by atoms with E-state index in [1.165, 1.54) is 12.4 Å². The van der Waals surface area contributed by atoms with Gasteiger partial charge in [-0.25, -0.2) is 14.1 Å². The van der Waals surface area contributed by atoms with Gasteiger partial charge in [-0.1, -0.05) is 30.3 Å². The first-order chi connectivity index (χ1) is 13.5. The second-order valence-electron chi connectivity index (χ2n) is 6.86. The van der Waals surface area contributed by atoms with Crippen LogP contribution in [0.25, 0.3) is 5.69 Å². The van der Waals surface area contributed by atoms with Crippen LogP contribution in [-0.4, -0.2) is 51.1 Å². The highest BCUT2D eigenvalue weighted by atomic mass is 19.1. The Labute approximate surface area is 164 Å². The van der Waals surface area contributed by atoms with Gasteiger partial charge in [0.05, 0.1) is 12.2 Å². The Morgan fingerprint density at radius 3 is 2.50 bits per heavy atom. The van der Waals surface area contributed by atoms with Crippen molar-refractivity contribution in [2.24, 2.45) is 0 Å². The first kappa shape index (κ1) is 19.7. The van der Waals surface area contributed by atoms with Crippen molar-refractivity contribution in [2.45, 2.75) is 19.5 Å². The van der Waals surface area contributed by atoms with Crippen molar-refractivity contribution in [2.75, 3.05) is 20.6 Å². The normalized spacial score (nSPS) is 12.2. The van der Waals surface area contributed by atoms with E-state index in [9.17, 15) is 9.18 Å². The molecule has 0 radical (unpaired) electrons. The van der Waals surface area contributed by atoms with Gasteiger partial charge in [0.1, 0.15) is 18.5 Å². The molecule has 3 rings (SSSR count). The molecule has 1 heterocycles. The second kappa shape index (κ2) is 8.75. The Hall–Kier alpha value is -3.06. The van der Waals surface area contributed by atoms with Crippen LogP contribution in [0.3, 0.4) is 0 Å². The molecule has 0 saturated heterocycles. The minimum Gasteiger partial charge on any atom is -0.340 e. The summed E-state index contributed by atoms with van der Waals surface area (Å²) in [6.45, 7) is 2.55. The summed E-state index contributed by atoms with van der Waals surface area (Å²) in [5.74, 6) is -0.354. The van der Waals surface area contributed by atoms with E-state index in [1.807, 2.05) is 36.2 Å². The molecule has 0 aliphatic carbocycles. The molecule has 146 valence electrons. The molecule has 0 aliphatic heterocycles. The van der Waals surface area contributed by atoms with E-state index in [2.05, 4.69) is 17.0 Å². The molecule has 1 unspecified atom stereocenters. The number of nitrogens with zero attached hydrogens (tertiary/aromatic N) is 5. The average Bonchev–Trinajstić information content (AvgIpc) is 3.24. The lowest BCUT2D eigenvalue weighted by Crippen LogP contribution is -2.37. The van der Waals surface area contributed by atoms with E-state index in [1.54, 1.807) is 41.2 Å². The quantitative estimate of drug-likeness (QED) is 0.631. The van der Waals surface area contributed by atoms with E-state index in [-0.39, 0.29) is 30.9 Å². The number of carbonyl (C=O) groups excluding carboxylic acids is 1. The SMILES string of the molecule is CC(c1ccc(-n2cncn2)cc1)N(C)CC(=O)N(C)Cc1ccccc1F. The zero-order valence-electron chi connectivity index (χ0n) is 16.3. The fourth-order valence-electron chi connectivity index (χ4n) is 2.94. The third-order valence-corrected chi connectivity index (χ3v) is 4.90. The van der Waals surface area contributed by atoms with Gasteiger partial charge in [-0.3, -0.25) is 9.69 Å². The fraction of sp³-hybridized carbons (Fsp3) is 0.286. The van der Waals surface area contributed by atoms with Crippen LogP contribution in [0, 0.1) is 5.82 Å². The number of carbonyl (C=O) groups is 1. The van der Waals surface area contributed by atoms with Gasteiger partial charge in [0.2, 0.25) is 5.91 Å². The molecule has 0 fully saturated rings. The fourth-order valence-corrected chi connectivity index (χ4v) is 2.94. The molecule has 6 nitrogen and oxygen atoms in total. The molecule has 2 aromatic carbocycles. The Bertz CT molecular complexity index is 911. The molecule has 0 spiro atoms. The van der Waals surface area contributed by atoms with Crippen LogP contribution in [0.15, 0.2) is 61.2 Å². The maximum absolute atomic E-state index is 13.8. The van der Waals surface area contributed by atoms with Crippen LogP contribution in [0.2, 0.25) is 0 Å². The molecule has 1 atom stereocenters. The van der Waals surface area contributed by atoms with Crippen molar-refractivity contribution in [3.63, 3.8) is 0 Å². The van der Waals surface area contributed by atoms with Crippen LogP contribution in [0.1, 0.15) is 24.1 Å². The Kier molecular flexibility index (Phi) is 6.16. The lowest BCUT2D eigenvalue weighted by Gasteiger charge is -2.27. The van der Waals surface area contributed by atoms with E-state index in [4.69, 9.17) is 0 Å². The maximum Gasteiger partial charge on any atom is 0.236 e. The number of rotatable bonds is 7. The second-order valence-corrected chi connectivity index (χ2v) is 6.86. The molecule has 0 N–H and O–H groups in total. The largest absolute Gasteiger partial charge is 0.340 e. The van der Waals surface area contributed by atoms with Gasteiger partial charge in [0.15, 0.2) is 0 Å². The van der Waals surface area contributed by atoms with Crippen molar-refractivity contribution < 1.29 is 9.18 Å². The third kappa shape index (κ3) is 4.61. The standard InChI is InChI=1S/C21H24FN5O/c1-16(17-8-10-19(11-9-17)27-15-23-14-24-27)25(2)13-21(28)26(3)12-18-6-4-5-7-20(18)22/h4-11,14-16H,12-13H2,1-3H3. The summed E-state index contributed by atoms with van der Waals surface area (Å²) in [5, 5.41) is 4.11.